The van der Waals surface area contributed by atoms with E-state index in [-0.39, 0.29) is 0 Å². The zero-order chi connectivity index (χ0) is 11.5. The summed E-state index contributed by atoms with van der Waals surface area (Å²) < 4.78 is 1.93. The molecule has 5 heteroatoms. The molecule has 0 saturated carbocycles. The van der Waals surface area contributed by atoms with Crippen LogP contribution in [-0.2, 0) is 6.42 Å². The zero-order valence-corrected chi connectivity index (χ0v) is 9.51. The van der Waals surface area contributed by atoms with Crippen molar-refractivity contribution >= 4 is 5.82 Å². The first-order valence-electron chi connectivity index (χ1n) is 5.33. The Labute approximate surface area is 94.4 Å². The Morgan fingerprint density at radius 1 is 1.31 bits per heavy atom. The number of nitrogen functional groups attached to an aromatic ring is 1. The van der Waals surface area contributed by atoms with E-state index >= 15 is 0 Å². The summed E-state index contributed by atoms with van der Waals surface area (Å²) in [6.07, 6.45) is 7.01. The number of aromatic nitrogens is 4. The van der Waals surface area contributed by atoms with E-state index in [0.29, 0.717) is 5.82 Å². The highest BCUT2D eigenvalue weighted by Crippen LogP contribution is 2.19. The molecule has 2 heterocycles. The molecule has 0 aromatic carbocycles. The van der Waals surface area contributed by atoms with Gasteiger partial charge in [0.15, 0.2) is 0 Å². The van der Waals surface area contributed by atoms with E-state index in [4.69, 9.17) is 5.73 Å². The summed E-state index contributed by atoms with van der Waals surface area (Å²) in [4.78, 5) is 12.5. The summed E-state index contributed by atoms with van der Waals surface area (Å²) in [5.41, 5.74) is 6.87. The molecule has 0 spiro atoms. The minimum atomic E-state index is 0.556. The molecule has 0 aliphatic rings. The fraction of sp³-hybridized carbons (Fsp3) is 0.364. The van der Waals surface area contributed by atoms with Crippen molar-refractivity contribution in [3.8, 4) is 5.82 Å². The molecule has 0 amide bonds. The van der Waals surface area contributed by atoms with Crippen LogP contribution in [0.1, 0.15) is 24.7 Å². The highest BCUT2D eigenvalue weighted by atomic mass is 15.1. The summed E-state index contributed by atoms with van der Waals surface area (Å²) >= 11 is 0. The van der Waals surface area contributed by atoms with E-state index in [0.717, 1.165) is 30.0 Å². The number of imidazole rings is 1. The molecule has 2 N–H and O–H groups in total. The van der Waals surface area contributed by atoms with E-state index in [1.54, 1.807) is 6.20 Å². The van der Waals surface area contributed by atoms with Gasteiger partial charge in [-0.25, -0.2) is 15.0 Å². The number of nitrogens with zero attached hydrogens (tertiary/aromatic N) is 4. The molecular weight excluding hydrogens is 202 g/mol. The van der Waals surface area contributed by atoms with Crippen LogP contribution in [0.3, 0.4) is 0 Å². The maximum atomic E-state index is 5.88. The van der Waals surface area contributed by atoms with E-state index in [9.17, 15) is 0 Å². The van der Waals surface area contributed by atoms with Gasteiger partial charge in [0, 0.05) is 18.0 Å². The maximum absolute atomic E-state index is 5.88. The van der Waals surface area contributed by atoms with Crippen LogP contribution in [0.15, 0.2) is 18.7 Å². The van der Waals surface area contributed by atoms with Crippen LogP contribution in [0.2, 0.25) is 0 Å². The van der Waals surface area contributed by atoms with Gasteiger partial charge in [-0.15, -0.1) is 0 Å². The molecule has 2 aromatic heterocycles. The minimum absolute atomic E-state index is 0.556. The Balaban J connectivity index is 2.56. The molecule has 2 aromatic rings. The number of rotatable bonds is 3. The van der Waals surface area contributed by atoms with Crippen LogP contribution >= 0.6 is 0 Å². The van der Waals surface area contributed by atoms with Gasteiger partial charge in [-0.2, -0.15) is 0 Å². The van der Waals surface area contributed by atoms with Crippen LogP contribution in [0.5, 0.6) is 0 Å². The molecule has 0 atom stereocenters. The van der Waals surface area contributed by atoms with Crippen molar-refractivity contribution < 1.29 is 0 Å². The quantitative estimate of drug-likeness (QED) is 0.846. The van der Waals surface area contributed by atoms with Gasteiger partial charge < -0.3 is 5.73 Å². The number of anilines is 1. The SMILES string of the molecule is CCCc1c(N)ncnc1-n1ccnc1C. The first kappa shape index (κ1) is 10.6. The number of aryl methyl sites for hydroxylation is 1. The van der Waals surface area contributed by atoms with E-state index in [2.05, 4.69) is 21.9 Å². The van der Waals surface area contributed by atoms with Gasteiger partial charge in [0.25, 0.3) is 0 Å². The first-order chi connectivity index (χ1) is 7.74. The van der Waals surface area contributed by atoms with Crippen molar-refractivity contribution in [1.82, 2.24) is 19.5 Å². The van der Waals surface area contributed by atoms with Gasteiger partial charge >= 0.3 is 0 Å². The third-order valence-electron chi connectivity index (χ3n) is 2.51. The van der Waals surface area contributed by atoms with Crippen molar-refractivity contribution in [3.05, 3.63) is 30.1 Å². The lowest BCUT2D eigenvalue weighted by atomic mass is 10.1. The minimum Gasteiger partial charge on any atom is -0.383 e. The highest BCUT2D eigenvalue weighted by molar-refractivity contribution is 5.49. The van der Waals surface area contributed by atoms with Gasteiger partial charge in [0.2, 0.25) is 0 Å². The Morgan fingerprint density at radius 3 is 2.75 bits per heavy atom. The van der Waals surface area contributed by atoms with Crippen LogP contribution < -0.4 is 5.73 Å². The Bertz CT molecular complexity index is 489. The second-order valence-electron chi connectivity index (χ2n) is 3.66. The summed E-state index contributed by atoms with van der Waals surface area (Å²) in [5.74, 6) is 2.29. The van der Waals surface area contributed by atoms with E-state index < -0.39 is 0 Å². The molecule has 2 rings (SSSR count). The van der Waals surface area contributed by atoms with E-state index in [1.807, 2.05) is 17.7 Å². The summed E-state index contributed by atoms with van der Waals surface area (Å²) in [6, 6.07) is 0. The lowest BCUT2D eigenvalue weighted by Crippen LogP contribution is -2.08. The third kappa shape index (κ3) is 1.76. The molecule has 0 saturated heterocycles. The van der Waals surface area contributed by atoms with Gasteiger partial charge in [-0.1, -0.05) is 13.3 Å². The molecule has 0 fully saturated rings. The molecule has 0 radical (unpaired) electrons. The van der Waals surface area contributed by atoms with Gasteiger partial charge in [0.05, 0.1) is 0 Å². The van der Waals surface area contributed by atoms with Crippen molar-refractivity contribution in [2.75, 3.05) is 5.73 Å². The third-order valence-corrected chi connectivity index (χ3v) is 2.51. The van der Waals surface area contributed by atoms with Crippen LogP contribution in [-0.4, -0.2) is 19.5 Å². The molecule has 5 nitrogen and oxygen atoms in total. The average Bonchev–Trinajstić information content (AvgIpc) is 2.68. The molecule has 0 aliphatic carbocycles. The predicted octanol–water partition coefficient (Wildman–Crippen LogP) is 1.51. The fourth-order valence-electron chi connectivity index (χ4n) is 1.72. The monoisotopic (exact) mass is 217 g/mol. The summed E-state index contributed by atoms with van der Waals surface area (Å²) in [7, 11) is 0. The largest absolute Gasteiger partial charge is 0.383 e. The smallest absolute Gasteiger partial charge is 0.146 e. The Kier molecular flexibility index (Phi) is 2.85. The molecule has 84 valence electrons. The molecule has 0 bridgehead atoms. The molecular formula is C11H15N5. The first-order valence-corrected chi connectivity index (χ1v) is 5.33. The number of hydrogen-bond donors (Lipinski definition) is 1. The number of nitrogens with two attached hydrogens (primary N) is 1. The van der Waals surface area contributed by atoms with Crippen molar-refractivity contribution in [3.63, 3.8) is 0 Å². The highest BCUT2D eigenvalue weighted by Gasteiger charge is 2.11. The predicted molar refractivity (Wildman–Crippen MR) is 62.3 cm³/mol. The lowest BCUT2D eigenvalue weighted by molar-refractivity contribution is 0.849. The van der Waals surface area contributed by atoms with Crippen LogP contribution in [0, 0.1) is 6.92 Å². The lowest BCUT2D eigenvalue weighted by Gasteiger charge is -2.11. The molecule has 16 heavy (non-hydrogen) atoms. The van der Waals surface area contributed by atoms with E-state index in [1.165, 1.54) is 6.33 Å². The normalized spacial score (nSPS) is 10.6. The summed E-state index contributed by atoms with van der Waals surface area (Å²) in [6.45, 7) is 4.05. The van der Waals surface area contributed by atoms with Crippen LogP contribution in [0.4, 0.5) is 5.82 Å². The second-order valence-corrected chi connectivity index (χ2v) is 3.66. The fourth-order valence-corrected chi connectivity index (χ4v) is 1.72. The van der Waals surface area contributed by atoms with Gasteiger partial charge in [0.1, 0.15) is 23.8 Å². The molecule has 0 unspecified atom stereocenters. The zero-order valence-electron chi connectivity index (χ0n) is 9.51. The van der Waals surface area contributed by atoms with Crippen molar-refractivity contribution in [1.29, 1.82) is 0 Å². The number of hydrogen-bond acceptors (Lipinski definition) is 4. The average molecular weight is 217 g/mol. The van der Waals surface area contributed by atoms with Crippen LogP contribution in [0.25, 0.3) is 5.82 Å². The second kappa shape index (κ2) is 4.30. The Morgan fingerprint density at radius 2 is 2.12 bits per heavy atom. The Hall–Kier alpha value is -1.91. The standard InChI is InChI=1S/C11H15N5/c1-3-4-9-10(12)14-7-15-11(9)16-6-5-13-8(16)2/h5-7H,3-4H2,1-2H3,(H2,12,14,15). The van der Waals surface area contributed by atoms with Crippen molar-refractivity contribution in [2.24, 2.45) is 0 Å². The van der Waals surface area contributed by atoms with Gasteiger partial charge in [-0.05, 0) is 13.3 Å². The van der Waals surface area contributed by atoms with Crippen molar-refractivity contribution in [2.45, 2.75) is 26.7 Å². The maximum Gasteiger partial charge on any atom is 0.146 e. The topological polar surface area (TPSA) is 69.6 Å². The summed E-state index contributed by atoms with van der Waals surface area (Å²) in [5, 5.41) is 0. The van der Waals surface area contributed by atoms with Gasteiger partial charge in [-0.3, -0.25) is 4.57 Å². The molecule has 0 aliphatic heterocycles.